The fraction of sp³-hybridized carbons (Fsp3) is 0.750. The summed E-state index contributed by atoms with van der Waals surface area (Å²) in [7, 11) is 0. The average molecular weight is 111 g/mol. The lowest BCUT2D eigenvalue weighted by atomic mass is 10.1. The quantitative estimate of drug-likeness (QED) is 0.422. The van der Waals surface area contributed by atoms with E-state index in [4.69, 9.17) is 1.37 Å². The monoisotopic (exact) mass is 111 g/mol. The molecule has 1 rings (SSSR count). The highest BCUT2D eigenvalue weighted by Crippen LogP contribution is 2.09. The molecule has 0 aromatic carbocycles. The van der Waals surface area contributed by atoms with Gasteiger partial charge in [0.15, 0.2) is 0 Å². The van der Waals surface area contributed by atoms with Gasteiger partial charge in [-0.15, -0.1) is 0 Å². The molecule has 1 atom stereocenters. The third-order valence-electron chi connectivity index (χ3n) is 1.48. The van der Waals surface area contributed by atoms with E-state index in [2.05, 4.69) is 12.2 Å². The first kappa shape index (κ1) is 4.60. The standard InChI is InChI=1S/C8H14/c1-2-4-6-8-7-5-3-1/h1-2H,3-8H2/b2-1+/i7D/t7-/m0/s1. The second-order valence-electron chi connectivity index (χ2n) is 2.27. The average Bonchev–Trinajstić information content (AvgIpc) is 1.79. The van der Waals surface area contributed by atoms with Crippen LogP contribution in [0.5, 0.6) is 0 Å². The van der Waals surface area contributed by atoms with Crippen molar-refractivity contribution in [1.29, 1.82) is 0 Å². The van der Waals surface area contributed by atoms with Crippen LogP contribution in [0.2, 0.25) is 0 Å². The zero-order chi connectivity index (χ0) is 6.53. The molecule has 0 unspecified atom stereocenters. The highest BCUT2D eigenvalue weighted by molar-refractivity contribution is 4.82. The molecule has 0 spiro atoms. The predicted molar refractivity (Wildman–Crippen MR) is 36.8 cm³/mol. The lowest BCUT2D eigenvalue weighted by Gasteiger charge is -2.00. The second kappa shape index (κ2) is 3.71. The van der Waals surface area contributed by atoms with Crippen molar-refractivity contribution in [1.82, 2.24) is 0 Å². The summed E-state index contributed by atoms with van der Waals surface area (Å²) in [5.74, 6) is 0. The van der Waals surface area contributed by atoms with Gasteiger partial charge in [0.05, 0.1) is 0 Å². The minimum Gasteiger partial charge on any atom is -0.0885 e. The van der Waals surface area contributed by atoms with E-state index in [0.717, 1.165) is 19.3 Å². The SMILES string of the molecule is [2H][C@H]1CC/C=C/CCC1. The van der Waals surface area contributed by atoms with Crippen LogP contribution in [0, 0.1) is 0 Å². The number of allylic oxidation sites excluding steroid dienone is 2. The van der Waals surface area contributed by atoms with Gasteiger partial charge < -0.3 is 0 Å². The Morgan fingerprint density at radius 2 is 1.75 bits per heavy atom. The molecule has 0 aromatic rings. The fourth-order valence-electron chi connectivity index (χ4n) is 0.974. The van der Waals surface area contributed by atoms with Gasteiger partial charge in [-0.1, -0.05) is 25.0 Å². The Balaban J connectivity index is 2.27. The van der Waals surface area contributed by atoms with E-state index in [9.17, 15) is 0 Å². The summed E-state index contributed by atoms with van der Waals surface area (Å²) >= 11 is 0. The van der Waals surface area contributed by atoms with Gasteiger partial charge in [-0.3, -0.25) is 0 Å². The van der Waals surface area contributed by atoms with Crippen LogP contribution in [0.1, 0.15) is 39.9 Å². The molecule has 1 aliphatic carbocycles. The molecular formula is C8H14. The van der Waals surface area contributed by atoms with E-state index in [1.54, 1.807) is 0 Å². The van der Waals surface area contributed by atoms with Crippen LogP contribution in [0.15, 0.2) is 12.2 Å². The molecule has 0 aliphatic heterocycles. The van der Waals surface area contributed by atoms with Gasteiger partial charge in [0.25, 0.3) is 0 Å². The molecular weight excluding hydrogens is 96.1 g/mol. The smallest absolute Gasteiger partial charge is 0.0267 e. The first-order valence-corrected chi connectivity index (χ1v) is 3.47. The molecule has 1 aliphatic rings. The Morgan fingerprint density at radius 1 is 1.00 bits per heavy atom. The van der Waals surface area contributed by atoms with E-state index in [0.29, 0.717) is 0 Å². The highest BCUT2D eigenvalue weighted by Gasteiger charge is 1.89. The first-order valence-electron chi connectivity index (χ1n) is 4.04. The molecule has 0 nitrogen and oxygen atoms in total. The van der Waals surface area contributed by atoms with Crippen LogP contribution in [0.4, 0.5) is 0 Å². The third-order valence-corrected chi connectivity index (χ3v) is 1.48. The van der Waals surface area contributed by atoms with Gasteiger partial charge in [0, 0.05) is 1.37 Å². The normalized spacial score (nSPS) is 37.0. The Kier molecular flexibility index (Phi) is 2.13. The zero-order valence-corrected chi connectivity index (χ0v) is 5.27. The number of hydrogen-bond donors (Lipinski definition) is 0. The van der Waals surface area contributed by atoms with Crippen LogP contribution in [0.25, 0.3) is 0 Å². The Labute approximate surface area is 53.0 Å². The highest BCUT2D eigenvalue weighted by atomic mass is 14.0. The maximum Gasteiger partial charge on any atom is 0.0267 e. The van der Waals surface area contributed by atoms with Gasteiger partial charge in [-0.25, -0.2) is 0 Å². The Bertz CT molecular complexity index is 96.7. The molecule has 0 N–H and O–H groups in total. The van der Waals surface area contributed by atoms with Crippen molar-refractivity contribution in [3.63, 3.8) is 0 Å². The summed E-state index contributed by atoms with van der Waals surface area (Å²) in [5, 5.41) is 0. The third kappa shape index (κ3) is 2.15. The van der Waals surface area contributed by atoms with Crippen molar-refractivity contribution in [2.24, 2.45) is 0 Å². The van der Waals surface area contributed by atoms with Crippen LogP contribution in [0.3, 0.4) is 0 Å². The van der Waals surface area contributed by atoms with Gasteiger partial charge >= 0.3 is 0 Å². The van der Waals surface area contributed by atoms with Crippen molar-refractivity contribution in [2.75, 3.05) is 0 Å². The maximum atomic E-state index is 7.48. The van der Waals surface area contributed by atoms with Crippen molar-refractivity contribution < 1.29 is 1.37 Å². The van der Waals surface area contributed by atoms with Crippen LogP contribution in [-0.2, 0) is 0 Å². The van der Waals surface area contributed by atoms with Gasteiger partial charge in [-0.05, 0) is 25.7 Å². The second-order valence-corrected chi connectivity index (χ2v) is 2.27. The molecule has 0 heterocycles. The fourth-order valence-corrected chi connectivity index (χ4v) is 0.974. The summed E-state index contributed by atoms with van der Waals surface area (Å²) in [4.78, 5) is 0. The van der Waals surface area contributed by atoms with Crippen LogP contribution < -0.4 is 0 Å². The minimum atomic E-state index is 0.218. The van der Waals surface area contributed by atoms with Crippen LogP contribution >= 0.6 is 0 Å². The molecule has 0 saturated heterocycles. The van der Waals surface area contributed by atoms with Crippen molar-refractivity contribution in [3.05, 3.63) is 12.2 Å². The Hall–Kier alpha value is -0.260. The van der Waals surface area contributed by atoms with E-state index >= 15 is 0 Å². The number of rotatable bonds is 0. The van der Waals surface area contributed by atoms with Crippen LogP contribution in [-0.4, -0.2) is 0 Å². The molecule has 8 heavy (non-hydrogen) atoms. The lowest BCUT2D eigenvalue weighted by Crippen LogP contribution is -1.80. The van der Waals surface area contributed by atoms with E-state index in [-0.39, 0.29) is 6.40 Å². The van der Waals surface area contributed by atoms with Gasteiger partial charge in [-0.2, -0.15) is 0 Å². The molecule has 0 amide bonds. The largest absolute Gasteiger partial charge is 0.0885 e. The topological polar surface area (TPSA) is 0 Å². The number of hydrogen-bond acceptors (Lipinski definition) is 0. The minimum absolute atomic E-state index is 0.218. The summed E-state index contributed by atoms with van der Waals surface area (Å²) < 4.78 is 7.48. The first-order chi connectivity index (χ1) is 4.39. The molecule has 0 heteroatoms. The summed E-state index contributed by atoms with van der Waals surface area (Å²) in [5.41, 5.74) is 0. The predicted octanol–water partition coefficient (Wildman–Crippen LogP) is 2.90. The lowest BCUT2D eigenvalue weighted by molar-refractivity contribution is 0.638. The zero-order valence-electron chi connectivity index (χ0n) is 6.27. The molecule has 0 radical (unpaired) electrons. The molecule has 0 fully saturated rings. The van der Waals surface area contributed by atoms with E-state index < -0.39 is 0 Å². The van der Waals surface area contributed by atoms with E-state index in [1.165, 1.54) is 12.8 Å². The molecule has 0 bridgehead atoms. The molecule has 0 saturated carbocycles. The summed E-state index contributed by atoms with van der Waals surface area (Å²) in [6.07, 6.45) is 10.4. The summed E-state index contributed by atoms with van der Waals surface area (Å²) in [6.45, 7) is 0. The Morgan fingerprint density at radius 3 is 2.62 bits per heavy atom. The van der Waals surface area contributed by atoms with Gasteiger partial charge in [0.1, 0.15) is 0 Å². The molecule has 0 aromatic heterocycles. The van der Waals surface area contributed by atoms with Crippen molar-refractivity contribution >= 4 is 0 Å². The van der Waals surface area contributed by atoms with Crippen molar-refractivity contribution in [2.45, 2.75) is 38.5 Å². The maximum absolute atomic E-state index is 7.48. The van der Waals surface area contributed by atoms with Gasteiger partial charge in [0.2, 0.25) is 0 Å². The van der Waals surface area contributed by atoms with E-state index in [1.807, 2.05) is 0 Å². The molecule has 46 valence electrons. The van der Waals surface area contributed by atoms with Crippen molar-refractivity contribution in [3.8, 4) is 0 Å². The summed E-state index contributed by atoms with van der Waals surface area (Å²) in [6, 6.07) is 0.